The minimum absolute atomic E-state index is 0.168. The molecular weight excluding hydrogens is 449 g/mol. The molecule has 1 aliphatic rings. The van der Waals surface area contributed by atoms with E-state index in [4.69, 9.17) is 4.74 Å². The molecule has 0 unspecified atom stereocenters. The summed E-state index contributed by atoms with van der Waals surface area (Å²) in [6.07, 6.45) is -2.43. The molecule has 1 amide bonds. The molecule has 0 aliphatic carbocycles. The molecule has 1 aliphatic heterocycles. The number of ether oxygens (including phenoxy) is 1. The van der Waals surface area contributed by atoms with Crippen molar-refractivity contribution >= 4 is 16.8 Å². The number of aromatic nitrogens is 5. The average molecular weight is 470 g/mol. The van der Waals surface area contributed by atoms with Crippen LogP contribution in [0.4, 0.5) is 13.2 Å². The molecule has 5 rings (SSSR count). The number of carbonyl (C=O) groups is 1. The Bertz CT molecular complexity index is 1420. The first kappa shape index (κ1) is 21.9. The molecule has 4 heterocycles. The van der Waals surface area contributed by atoms with Gasteiger partial charge in [-0.2, -0.15) is 23.4 Å². The SMILES string of the molecule is COc1ccc(C(=O)N2CCc3c(nn(C)c3-c3cc(C(F)(F)F)nn3C)C2)c2cccnc12. The highest BCUT2D eigenvalue weighted by molar-refractivity contribution is 6.07. The number of aryl methyl sites for hydroxylation is 2. The Morgan fingerprint density at radius 1 is 1.12 bits per heavy atom. The molecule has 34 heavy (non-hydrogen) atoms. The number of nitrogens with zero attached hydrogens (tertiary/aromatic N) is 6. The molecule has 1 aromatic carbocycles. The fourth-order valence-electron chi connectivity index (χ4n) is 4.51. The van der Waals surface area contributed by atoms with Gasteiger partial charge in [0.25, 0.3) is 5.91 Å². The van der Waals surface area contributed by atoms with Gasteiger partial charge in [0.15, 0.2) is 5.69 Å². The van der Waals surface area contributed by atoms with Gasteiger partial charge in [-0.05, 0) is 30.7 Å². The second-order valence-corrected chi connectivity index (χ2v) is 8.13. The van der Waals surface area contributed by atoms with E-state index in [1.54, 1.807) is 48.1 Å². The van der Waals surface area contributed by atoms with Crippen LogP contribution < -0.4 is 4.74 Å². The van der Waals surface area contributed by atoms with Crippen molar-refractivity contribution < 1.29 is 22.7 Å². The van der Waals surface area contributed by atoms with Crippen molar-refractivity contribution in [3.05, 3.63) is 59.0 Å². The third-order valence-electron chi connectivity index (χ3n) is 6.08. The second kappa shape index (κ2) is 7.86. The third-order valence-corrected chi connectivity index (χ3v) is 6.08. The van der Waals surface area contributed by atoms with E-state index < -0.39 is 11.9 Å². The number of rotatable bonds is 3. The average Bonchev–Trinajstić information content (AvgIpc) is 3.35. The largest absolute Gasteiger partial charge is 0.494 e. The summed E-state index contributed by atoms with van der Waals surface area (Å²) in [6, 6.07) is 8.07. The first-order valence-corrected chi connectivity index (χ1v) is 10.6. The first-order chi connectivity index (χ1) is 16.2. The van der Waals surface area contributed by atoms with E-state index >= 15 is 0 Å². The Morgan fingerprint density at radius 2 is 1.91 bits per heavy atom. The number of fused-ring (bicyclic) bond motifs is 2. The normalized spacial score (nSPS) is 13.9. The summed E-state index contributed by atoms with van der Waals surface area (Å²) in [4.78, 5) is 19.5. The van der Waals surface area contributed by atoms with E-state index in [1.807, 2.05) is 6.07 Å². The molecule has 11 heteroatoms. The quantitative estimate of drug-likeness (QED) is 0.457. The zero-order chi connectivity index (χ0) is 24.2. The summed E-state index contributed by atoms with van der Waals surface area (Å²) in [7, 11) is 4.71. The van der Waals surface area contributed by atoms with Crippen molar-refractivity contribution in [2.24, 2.45) is 14.1 Å². The Hall–Kier alpha value is -3.89. The second-order valence-electron chi connectivity index (χ2n) is 8.13. The first-order valence-electron chi connectivity index (χ1n) is 10.6. The van der Waals surface area contributed by atoms with Crippen molar-refractivity contribution in [3.63, 3.8) is 0 Å². The number of hydrogen-bond donors (Lipinski definition) is 0. The highest BCUT2D eigenvalue weighted by atomic mass is 19.4. The van der Waals surface area contributed by atoms with Gasteiger partial charge in [-0.25, -0.2) is 0 Å². The van der Waals surface area contributed by atoms with Crippen molar-refractivity contribution in [1.29, 1.82) is 0 Å². The highest BCUT2D eigenvalue weighted by Gasteiger charge is 2.36. The van der Waals surface area contributed by atoms with Crippen LogP contribution in [0.2, 0.25) is 0 Å². The zero-order valence-corrected chi connectivity index (χ0v) is 18.7. The lowest BCUT2D eigenvalue weighted by atomic mass is 10.0. The van der Waals surface area contributed by atoms with E-state index in [9.17, 15) is 18.0 Å². The summed E-state index contributed by atoms with van der Waals surface area (Å²) in [5, 5.41) is 8.84. The number of carbonyl (C=O) groups excluding carboxylic acids is 1. The molecule has 4 aromatic rings. The molecule has 0 saturated carbocycles. The number of hydrogen-bond acceptors (Lipinski definition) is 5. The summed E-state index contributed by atoms with van der Waals surface area (Å²) in [6.45, 7) is 0.655. The monoisotopic (exact) mass is 470 g/mol. The predicted octanol–water partition coefficient (Wildman–Crippen LogP) is 3.59. The minimum atomic E-state index is -4.53. The maximum absolute atomic E-state index is 13.4. The van der Waals surface area contributed by atoms with Gasteiger partial charge in [0.1, 0.15) is 11.3 Å². The van der Waals surface area contributed by atoms with Gasteiger partial charge in [0, 0.05) is 43.4 Å². The van der Waals surface area contributed by atoms with Crippen LogP contribution in [0.15, 0.2) is 36.5 Å². The van der Waals surface area contributed by atoms with E-state index in [-0.39, 0.29) is 12.5 Å². The van der Waals surface area contributed by atoms with Gasteiger partial charge < -0.3 is 9.64 Å². The van der Waals surface area contributed by atoms with Crippen molar-refractivity contribution in [3.8, 4) is 17.1 Å². The fraction of sp³-hybridized carbons (Fsp3) is 0.304. The zero-order valence-electron chi connectivity index (χ0n) is 18.7. The topological polar surface area (TPSA) is 78.1 Å². The fourth-order valence-corrected chi connectivity index (χ4v) is 4.51. The standard InChI is InChI=1S/C23H21F3N6O2/c1-30-17(11-19(29-30)23(24,25)26)21-15-8-10-32(12-16(15)28-31(21)2)22(33)14-6-7-18(34-3)20-13(14)5-4-9-27-20/h4-7,9,11H,8,10,12H2,1-3H3. The Morgan fingerprint density at radius 3 is 2.62 bits per heavy atom. The number of pyridine rings is 1. The number of halogens is 3. The molecule has 176 valence electrons. The van der Waals surface area contributed by atoms with Gasteiger partial charge in [-0.3, -0.25) is 19.1 Å². The highest BCUT2D eigenvalue weighted by Crippen LogP contribution is 2.35. The lowest BCUT2D eigenvalue weighted by molar-refractivity contribution is -0.141. The van der Waals surface area contributed by atoms with Crippen LogP contribution in [-0.4, -0.2) is 49.0 Å². The Labute approximate surface area is 192 Å². The van der Waals surface area contributed by atoms with Crippen LogP contribution in [0.3, 0.4) is 0 Å². The van der Waals surface area contributed by atoms with Crippen LogP contribution in [0.5, 0.6) is 5.75 Å². The summed E-state index contributed by atoms with van der Waals surface area (Å²) in [5.41, 5.74) is 2.54. The molecule has 0 radical (unpaired) electrons. The maximum atomic E-state index is 13.4. The Balaban J connectivity index is 1.48. The molecule has 0 spiro atoms. The van der Waals surface area contributed by atoms with E-state index in [0.717, 1.165) is 11.6 Å². The smallest absolute Gasteiger partial charge is 0.435 e. The lowest BCUT2D eigenvalue weighted by Gasteiger charge is -2.27. The van der Waals surface area contributed by atoms with Crippen molar-refractivity contribution in [2.75, 3.05) is 13.7 Å². The molecule has 0 N–H and O–H groups in total. The molecule has 0 saturated heterocycles. The summed E-state index contributed by atoms with van der Waals surface area (Å²) >= 11 is 0. The molecule has 0 bridgehead atoms. The third kappa shape index (κ3) is 3.47. The number of amides is 1. The molecule has 8 nitrogen and oxygen atoms in total. The van der Waals surface area contributed by atoms with Crippen LogP contribution >= 0.6 is 0 Å². The molecule has 0 fully saturated rings. The van der Waals surface area contributed by atoms with Crippen molar-refractivity contribution in [2.45, 2.75) is 19.1 Å². The number of methoxy groups -OCH3 is 1. The molecular formula is C23H21F3N6O2. The number of benzene rings is 1. The van der Waals surface area contributed by atoms with E-state index in [0.29, 0.717) is 52.3 Å². The van der Waals surface area contributed by atoms with Crippen LogP contribution in [0.1, 0.15) is 27.3 Å². The van der Waals surface area contributed by atoms with E-state index in [1.165, 1.54) is 11.7 Å². The van der Waals surface area contributed by atoms with E-state index in [2.05, 4.69) is 15.2 Å². The van der Waals surface area contributed by atoms with Crippen LogP contribution in [0.25, 0.3) is 22.3 Å². The summed E-state index contributed by atoms with van der Waals surface area (Å²) < 4.78 is 47.6. The van der Waals surface area contributed by atoms with Crippen LogP contribution in [0, 0.1) is 0 Å². The number of alkyl halides is 3. The lowest BCUT2D eigenvalue weighted by Crippen LogP contribution is -2.36. The van der Waals surface area contributed by atoms with Gasteiger partial charge in [0.05, 0.1) is 30.7 Å². The van der Waals surface area contributed by atoms with Gasteiger partial charge >= 0.3 is 6.18 Å². The Kier molecular flexibility index (Phi) is 5.07. The minimum Gasteiger partial charge on any atom is -0.494 e. The molecule has 3 aromatic heterocycles. The van der Waals surface area contributed by atoms with Crippen LogP contribution in [-0.2, 0) is 33.2 Å². The summed E-state index contributed by atoms with van der Waals surface area (Å²) in [5.74, 6) is 0.412. The van der Waals surface area contributed by atoms with Gasteiger partial charge in [-0.15, -0.1) is 0 Å². The predicted molar refractivity (Wildman–Crippen MR) is 117 cm³/mol. The maximum Gasteiger partial charge on any atom is 0.435 e. The molecule has 0 atom stereocenters. The van der Waals surface area contributed by atoms with Gasteiger partial charge in [0.2, 0.25) is 0 Å². The van der Waals surface area contributed by atoms with Gasteiger partial charge in [-0.1, -0.05) is 6.07 Å². The van der Waals surface area contributed by atoms with Crippen molar-refractivity contribution in [1.82, 2.24) is 29.4 Å².